The van der Waals surface area contributed by atoms with Gasteiger partial charge in [-0.25, -0.2) is 5.43 Å². The number of amides is 1. The summed E-state index contributed by atoms with van der Waals surface area (Å²) in [5.41, 5.74) is 5.19. The predicted molar refractivity (Wildman–Crippen MR) is 82.5 cm³/mol. The lowest BCUT2D eigenvalue weighted by Gasteiger charge is -2.01. The number of thiophene rings is 2. The van der Waals surface area contributed by atoms with Crippen LogP contribution in [0.1, 0.15) is 37.5 Å². The van der Waals surface area contributed by atoms with Gasteiger partial charge in [-0.3, -0.25) is 4.79 Å². The molecule has 0 bridgehead atoms. The molecule has 0 aliphatic rings. The third-order valence-corrected chi connectivity index (χ3v) is 5.08. The standard InChI is InChI=1S/C14H16N2OS2/c1-8-5-6-13(19-8)10(3)15-16-14(17)12-7-18-11(4)9(12)2/h5-7H,1-4H3,(H,16,17)/b15-10-. The second-order valence-corrected chi connectivity index (χ2v) is 6.75. The molecule has 2 aromatic heterocycles. The number of rotatable bonds is 3. The maximum atomic E-state index is 12.0. The average Bonchev–Trinajstić information content (AvgIpc) is 2.94. The van der Waals surface area contributed by atoms with E-state index in [2.05, 4.69) is 17.5 Å². The van der Waals surface area contributed by atoms with Gasteiger partial charge in [0.2, 0.25) is 0 Å². The Kier molecular flexibility index (Phi) is 4.17. The van der Waals surface area contributed by atoms with E-state index in [9.17, 15) is 4.79 Å². The van der Waals surface area contributed by atoms with Crippen LogP contribution in [0, 0.1) is 20.8 Å². The molecule has 0 atom stereocenters. The van der Waals surface area contributed by atoms with Crippen LogP contribution in [0.25, 0.3) is 0 Å². The number of aryl methyl sites for hydroxylation is 2. The molecule has 2 heterocycles. The van der Waals surface area contributed by atoms with Gasteiger partial charge in [-0.1, -0.05) is 0 Å². The highest BCUT2D eigenvalue weighted by Gasteiger charge is 2.12. The lowest BCUT2D eigenvalue weighted by atomic mass is 10.2. The van der Waals surface area contributed by atoms with Crippen molar-refractivity contribution in [3.8, 4) is 0 Å². The first kappa shape index (κ1) is 14.0. The maximum Gasteiger partial charge on any atom is 0.272 e. The summed E-state index contributed by atoms with van der Waals surface area (Å²) in [6.07, 6.45) is 0. The van der Waals surface area contributed by atoms with Crippen LogP contribution < -0.4 is 5.43 Å². The third-order valence-electron chi connectivity index (χ3n) is 2.95. The van der Waals surface area contributed by atoms with Crippen LogP contribution in [0.3, 0.4) is 0 Å². The Morgan fingerprint density at radius 3 is 2.53 bits per heavy atom. The first-order chi connectivity index (χ1) is 8.99. The molecule has 0 aromatic carbocycles. The summed E-state index contributed by atoms with van der Waals surface area (Å²) < 4.78 is 0. The fraction of sp³-hybridized carbons (Fsp3) is 0.286. The zero-order valence-corrected chi connectivity index (χ0v) is 13.0. The lowest BCUT2D eigenvalue weighted by Crippen LogP contribution is -2.19. The van der Waals surface area contributed by atoms with E-state index in [4.69, 9.17) is 0 Å². The van der Waals surface area contributed by atoms with E-state index < -0.39 is 0 Å². The monoisotopic (exact) mass is 292 g/mol. The SMILES string of the molecule is C/C(=N/NC(=O)c1csc(C)c1C)c1ccc(C)s1. The summed E-state index contributed by atoms with van der Waals surface area (Å²) in [6, 6.07) is 4.07. The minimum Gasteiger partial charge on any atom is -0.267 e. The molecular formula is C14H16N2OS2. The van der Waals surface area contributed by atoms with Crippen molar-refractivity contribution >= 4 is 34.3 Å². The number of hydrogen-bond acceptors (Lipinski definition) is 4. The molecule has 19 heavy (non-hydrogen) atoms. The molecule has 2 aromatic rings. The van der Waals surface area contributed by atoms with E-state index in [1.807, 2.05) is 38.3 Å². The van der Waals surface area contributed by atoms with Crippen molar-refractivity contribution in [1.29, 1.82) is 0 Å². The molecule has 100 valence electrons. The van der Waals surface area contributed by atoms with Crippen LogP contribution in [0.4, 0.5) is 0 Å². The molecule has 1 amide bonds. The lowest BCUT2D eigenvalue weighted by molar-refractivity contribution is 0.0954. The fourth-order valence-electron chi connectivity index (χ4n) is 1.62. The van der Waals surface area contributed by atoms with Crippen LogP contribution >= 0.6 is 22.7 Å². The molecule has 0 spiro atoms. The van der Waals surface area contributed by atoms with E-state index in [0.717, 1.165) is 16.2 Å². The highest BCUT2D eigenvalue weighted by molar-refractivity contribution is 7.14. The van der Waals surface area contributed by atoms with Crippen molar-refractivity contribution in [2.75, 3.05) is 0 Å². The highest BCUT2D eigenvalue weighted by Crippen LogP contribution is 2.20. The van der Waals surface area contributed by atoms with Gasteiger partial charge in [-0.2, -0.15) is 5.10 Å². The van der Waals surface area contributed by atoms with E-state index in [0.29, 0.717) is 5.56 Å². The summed E-state index contributed by atoms with van der Waals surface area (Å²) in [4.78, 5) is 15.5. The number of hydrazone groups is 1. The van der Waals surface area contributed by atoms with Gasteiger partial charge in [-0.05, 0) is 45.4 Å². The molecule has 0 fully saturated rings. The molecule has 0 saturated heterocycles. The largest absolute Gasteiger partial charge is 0.272 e. The summed E-state index contributed by atoms with van der Waals surface area (Å²) in [7, 11) is 0. The molecule has 0 radical (unpaired) electrons. The van der Waals surface area contributed by atoms with E-state index >= 15 is 0 Å². The van der Waals surface area contributed by atoms with Crippen molar-refractivity contribution in [1.82, 2.24) is 5.43 Å². The normalized spacial score (nSPS) is 11.7. The Morgan fingerprint density at radius 1 is 1.26 bits per heavy atom. The summed E-state index contributed by atoms with van der Waals surface area (Å²) in [6.45, 7) is 7.93. The number of nitrogens with one attached hydrogen (secondary N) is 1. The van der Waals surface area contributed by atoms with Crippen LogP contribution in [-0.4, -0.2) is 11.6 Å². The predicted octanol–water partition coefficient (Wildman–Crippen LogP) is 3.89. The second-order valence-electron chi connectivity index (χ2n) is 4.38. The van der Waals surface area contributed by atoms with Gasteiger partial charge in [0.1, 0.15) is 0 Å². The van der Waals surface area contributed by atoms with Crippen molar-refractivity contribution < 1.29 is 4.79 Å². The topological polar surface area (TPSA) is 41.5 Å². The molecule has 0 unspecified atom stereocenters. The van der Waals surface area contributed by atoms with Crippen LogP contribution in [0.5, 0.6) is 0 Å². The van der Waals surface area contributed by atoms with Gasteiger partial charge < -0.3 is 0 Å². The van der Waals surface area contributed by atoms with Crippen molar-refractivity contribution in [2.45, 2.75) is 27.7 Å². The third kappa shape index (κ3) is 3.11. The zero-order valence-electron chi connectivity index (χ0n) is 11.4. The Bertz CT molecular complexity index is 638. The Balaban J connectivity index is 2.10. The van der Waals surface area contributed by atoms with E-state index in [-0.39, 0.29) is 5.91 Å². The first-order valence-corrected chi connectivity index (χ1v) is 7.64. The molecule has 0 aliphatic carbocycles. The fourth-order valence-corrected chi connectivity index (χ4v) is 3.29. The molecule has 1 N–H and O–H groups in total. The summed E-state index contributed by atoms with van der Waals surface area (Å²) in [5, 5.41) is 6.04. The number of hydrogen-bond donors (Lipinski definition) is 1. The molecule has 2 rings (SSSR count). The molecule has 0 saturated carbocycles. The van der Waals surface area contributed by atoms with Gasteiger partial charge in [0.25, 0.3) is 5.91 Å². The quantitative estimate of drug-likeness (QED) is 0.677. The maximum absolute atomic E-state index is 12.0. The van der Waals surface area contributed by atoms with Crippen molar-refractivity contribution in [2.24, 2.45) is 5.10 Å². The minimum atomic E-state index is -0.144. The van der Waals surface area contributed by atoms with Crippen LogP contribution in [0.2, 0.25) is 0 Å². The Morgan fingerprint density at radius 2 is 2.00 bits per heavy atom. The van der Waals surface area contributed by atoms with Gasteiger partial charge >= 0.3 is 0 Å². The van der Waals surface area contributed by atoms with Gasteiger partial charge in [0.05, 0.1) is 16.2 Å². The summed E-state index contributed by atoms with van der Waals surface area (Å²) in [5.74, 6) is -0.144. The van der Waals surface area contributed by atoms with Crippen LogP contribution in [-0.2, 0) is 0 Å². The number of carbonyl (C=O) groups excluding carboxylic acids is 1. The molecule has 3 nitrogen and oxygen atoms in total. The van der Waals surface area contributed by atoms with E-state index in [1.54, 1.807) is 22.7 Å². The smallest absolute Gasteiger partial charge is 0.267 e. The molecule has 5 heteroatoms. The zero-order chi connectivity index (χ0) is 14.0. The molecular weight excluding hydrogens is 276 g/mol. The van der Waals surface area contributed by atoms with Crippen molar-refractivity contribution in [3.63, 3.8) is 0 Å². The van der Waals surface area contributed by atoms with Gasteiger partial charge in [0.15, 0.2) is 0 Å². The van der Waals surface area contributed by atoms with E-state index in [1.165, 1.54) is 9.75 Å². The average molecular weight is 292 g/mol. The van der Waals surface area contributed by atoms with Gasteiger partial charge in [-0.15, -0.1) is 22.7 Å². The Hall–Kier alpha value is -1.46. The highest BCUT2D eigenvalue weighted by atomic mass is 32.1. The number of nitrogens with zero attached hydrogens (tertiary/aromatic N) is 1. The van der Waals surface area contributed by atoms with Crippen molar-refractivity contribution in [3.05, 3.63) is 43.3 Å². The number of carbonyl (C=O) groups is 1. The summed E-state index contributed by atoms with van der Waals surface area (Å²) >= 11 is 3.26. The van der Waals surface area contributed by atoms with Crippen LogP contribution in [0.15, 0.2) is 22.6 Å². The molecule has 0 aliphatic heterocycles. The Labute approximate surface area is 121 Å². The van der Waals surface area contributed by atoms with Gasteiger partial charge in [0, 0.05) is 15.1 Å². The minimum absolute atomic E-state index is 0.144. The second kappa shape index (κ2) is 5.67. The first-order valence-electron chi connectivity index (χ1n) is 5.95.